The molecule has 0 spiro atoms. The van der Waals surface area contributed by atoms with Crippen molar-refractivity contribution in [2.75, 3.05) is 0 Å². The van der Waals surface area contributed by atoms with E-state index in [0.717, 1.165) is 11.6 Å². The van der Waals surface area contributed by atoms with Crippen molar-refractivity contribution in [2.45, 2.75) is 26.2 Å². The number of thiocarbonyl (C=S) groups is 1. The molecule has 0 atom stereocenters. The molecule has 0 aliphatic rings. The second-order valence-corrected chi connectivity index (χ2v) is 7.41. The first-order valence-electron chi connectivity index (χ1n) is 8.34. The van der Waals surface area contributed by atoms with Gasteiger partial charge in [-0.1, -0.05) is 39.0 Å². The van der Waals surface area contributed by atoms with Crippen LogP contribution in [0.5, 0.6) is 0 Å². The molecule has 0 bridgehead atoms. The highest BCUT2D eigenvalue weighted by Crippen LogP contribution is 2.22. The summed E-state index contributed by atoms with van der Waals surface area (Å²) in [6.45, 7) is 6.22. The van der Waals surface area contributed by atoms with Gasteiger partial charge in [0.1, 0.15) is 0 Å². The van der Waals surface area contributed by atoms with Crippen LogP contribution in [0, 0.1) is 10.1 Å². The molecule has 2 aromatic rings. The molecule has 9 heteroatoms. The molecule has 2 rings (SSSR count). The lowest BCUT2D eigenvalue weighted by molar-refractivity contribution is -0.384. The molecule has 2 amide bonds. The van der Waals surface area contributed by atoms with Gasteiger partial charge in [0, 0.05) is 23.3 Å². The number of hydrogen-bond acceptors (Lipinski definition) is 5. The molecule has 0 radical (unpaired) electrons. The maximum atomic E-state index is 12.2. The van der Waals surface area contributed by atoms with Gasteiger partial charge >= 0.3 is 0 Å². The van der Waals surface area contributed by atoms with Gasteiger partial charge in [0.15, 0.2) is 5.11 Å². The van der Waals surface area contributed by atoms with E-state index in [4.69, 9.17) is 12.2 Å². The predicted octanol–water partition coefficient (Wildman–Crippen LogP) is 2.84. The molecular formula is C19H20N4O4S. The summed E-state index contributed by atoms with van der Waals surface area (Å²) in [7, 11) is 0. The maximum absolute atomic E-state index is 12.2. The SMILES string of the molecule is CC(C)(C)c1ccc(C(=O)NC(=S)NNC(=O)c2cccc([N+](=O)[O-])c2)cc1. The Balaban J connectivity index is 1.91. The summed E-state index contributed by atoms with van der Waals surface area (Å²) in [5, 5.41) is 13.1. The summed E-state index contributed by atoms with van der Waals surface area (Å²) >= 11 is 4.98. The fourth-order valence-corrected chi connectivity index (χ4v) is 2.42. The number of nitro benzene ring substituents is 1. The van der Waals surface area contributed by atoms with Crippen molar-refractivity contribution < 1.29 is 14.5 Å². The van der Waals surface area contributed by atoms with Gasteiger partial charge in [-0.15, -0.1) is 0 Å². The van der Waals surface area contributed by atoms with Crippen LogP contribution < -0.4 is 16.2 Å². The Morgan fingerprint density at radius 2 is 1.61 bits per heavy atom. The zero-order valence-corrected chi connectivity index (χ0v) is 16.4. The van der Waals surface area contributed by atoms with Crippen LogP contribution in [0.4, 0.5) is 5.69 Å². The van der Waals surface area contributed by atoms with Gasteiger partial charge < -0.3 is 0 Å². The Kier molecular flexibility index (Phi) is 6.42. The first kappa shape index (κ1) is 21.0. The van der Waals surface area contributed by atoms with Crippen molar-refractivity contribution in [1.29, 1.82) is 0 Å². The number of amides is 2. The number of carbonyl (C=O) groups is 2. The Bertz CT molecular complexity index is 920. The van der Waals surface area contributed by atoms with E-state index in [-0.39, 0.29) is 21.8 Å². The van der Waals surface area contributed by atoms with Crippen molar-refractivity contribution >= 4 is 34.8 Å². The second-order valence-electron chi connectivity index (χ2n) is 7.00. The van der Waals surface area contributed by atoms with Gasteiger partial charge in [-0.2, -0.15) is 0 Å². The standard InChI is InChI=1S/C19H20N4O4S/c1-19(2,3)14-9-7-12(8-10-14)16(24)20-18(28)22-21-17(25)13-5-4-6-15(11-13)23(26)27/h4-11H,1-3H3,(H,21,25)(H2,20,22,24,28). The highest BCUT2D eigenvalue weighted by atomic mass is 32.1. The highest BCUT2D eigenvalue weighted by Gasteiger charge is 2.15. The number of carbonyl (C=O) groups excluding carboxylic acids is 2. The Hall–Kier alpha value is -3.33. The minimum Gasteiger partial charge on any atom is -0.298 e. The lowest BCUT2D eigenvalue weighted by atomic mass is 9.87. The Labute approximate surface area is 167 Å². The van der Waals surface area contributed by atoms with Crippen LogP contribution in [0.1, 0.15) is 47.1 Å². The van der Waals surface area contributed by atoms with Crippen molar-refractivity contribution in [3.63, 3.8) is 0 Å². The summed E-state index contributed by atoms with van der Waals surface area (Å²) in [6.07, 6.45) is 0. The van der Waals surface area contributed by atoms with E-state index in [1.165, 1.54) is 18.2 Å². The zero-order valence-electron chi connectivity index (χ0n) is 15.6. The van der Waals surface area contributed by atoms with Gasteiger partial charge in [0.05, 0.1) is 4.92 Å². The molecule has 0 heterocycles. The fraction of sp³-hybridized carbons (Fsp3) is 0.211. The van der Waals surface area contributed by atoms with Crippen LogP contribution in [0.3, 0.4) is 0 Å². The smallest absolute Gasteiger partial charge is 0.270 e. The van der Waals surface area contributed by atoms with Crippen LogP contribution in [0.2, 0.25) is 0 Å². The maximum Gasteiger partial charge on any atom is 0.270 e. The third-order valence-electron chi connectivity index (χ3n) is 3.85. The lowest BCUT2D eigenvalue weighted by Crippen LogP contribution is -2.48. The van der Waals surface area contributed by atoms with Gasteiger partial charge in [0.2, 0.25) is 0 Å². The number of benzene rings is 2. The number of hydrazine groups is 1. The zero-order chi connectivity index (χ0) is 20.9. The number of nitro groups is 1. The number of nitrogens with one attached hydrogen (secondary N) is 3. The van der Waals surface area contributed by atoms with Crippen molar-refractivity contribution in [3.05, 3.63) is 75.3 Å². The molecule has 0 aromatic heterocycles. The molecular weight excluding hydrogens is 380 g/mol. The van der Waals surface area contributed by atoms with E-state index in [1.54, 1.807) is 12.1 Å². The third-order valence-corrected chi connectivity index (χ3v) is 4.05. The van der Waals surface area contributed by atoms with Crippen LogP contribution in [0.25, 0.3) is 0 Å². The van der Waals surface area contributed by atoms with Gasteiger partial charge in [0.25, 0.3) is 17.5 Å². The third kappa shape index (κ3) is 5.58. The summed E-state index contributed by atoms with van der Waals surface area (Å²) < 4.78 is 0. The molecule has 8 nitrogen and oxygen atoms in total. The first-order chi connectivity index (χ1) is 13.1. The summed E-state index contributed by atoms with van der Waals surface area (Å²) in [5.41, 5.74) is 6.04. The Morgan fingerprint density at radius 3 is 2.18 bits per heavy atom. The largest absolute Gasteiger partial charge is 0.298 e. The Morgan fingerprint density at radius 1 is 0.964 bits per heavy atom. The van der Waals surface area contributed by atoms with Crippen LogP contribution in [-0.4, -0.2) is 21.9 Å². The number of hydrogen-bond donors (Lipinski definition) is 3. The van der Waals surface area contributed by atoms with Crippen LogP contribution >= 0.6 is 12.2 Å². The van der Waals surface area contributed by atoms with E-state index in [2.05, 4.69) is 36.9 Å². The molecule has 0 unspecified atom stereocenters. The van der Waals surface area contributed by atoms with Crippen molar-refractivity contribution in [3.8, 4) is 0 Å². The van der Waals surface area contributed by atoms with Crippen LogP contribution in [-0.2, 0) is 5.41 Å². The average molecular weight is 400 g/mol. The minimum atomic E-state index is -0.630. The summed E-state index contributed by atoms with van der Waals surface area (Å²) in [6, 6.07) is 12.4. The molecule has 0 aliphatic heterocycles. The molecule has 2 aromatic carbocycles. The topological polar surface area (TPSA) is 113 Å². The molecule has 0 saturated carbocycles. The lowest BCUT2D eigenvalue weighted by Gasteiger charge is -2.19. The highest BCUT2D eigenvalue weighted by molar-refractivity contribution is 7.80. The van der Waals surface area contributed by atoms with Crippen molar-refractivity contribution in [1.82, 2.24) is 16.2 Å². The monoisotopic (exact) mass is 400 g/mol. The minimum absolute atomic E-state index is 0.0251. The molecule has 28 heavy (non-hydrogen) atoms. The van der Waals surface area contributed by atoms with Crippen molar-refractivity contribution in [2.24, 2.45) is 0 Å². The molecule has 0 fully saturated rings. The van der Waals surface area contributed by atoms with Crippen LogP contribution in [0.15, 0.2) is 48.5 Å². The van der Waals surface area contributed by atoms with Gasteiger partial charge in [-0.3, -0.25) is 35.9 Å². The second kappa shape index (κ2) is 8.57. The van der Waals surface area contributed by atoms with E-state index in [0.29, 0.717) is 5.56 Å². The molecule has 0 saturated heterocycles. The van der Waals surface area contributed by atoms with Gasteiger partial charge in [-0.25, -0.2) is 0 Å². The van der Waals surface area contributed by atoms with Gasteiger partial charge in [-0.05, 0) is 41.4 Å². The molecule has 0 aliphatic carbocycles. The van der Waals surface area contributed by atoms with E-state index in [1.807, 2.05) is 12.1 Å². The quantitative estimate of drug-likeness (QED) is 0.415. The number of non-ortho nitro benzene ring substituents is 1. The normalized spacial score (nSPS) is 10.7. The number of nitrogens with zero attached hydrogens (tertiary/aromatic N) is 1. The predicted molar refractivity (Wildman–Crippen MR) is 109 cm³/mol. The van der Waals surface area contributed by atoms with E-state index >= 15 is 0 Å². The summed E-state index contributed by atoms with van der Waals surface area (Å²) in [4.78, 5) is 34.4. The first-order valence-corrected chi connectivity index (χ1v) is 8.75. The summed E-state index contributed by atoms with van der Waals surface area (Å²) in [5.74, 6) is -1.06. The molecule has 3 N–H and O–H groups in total. The van der Waals surface area contributed by atoms with E-state index in [9.17, 15) is 19.7 Å². The molecule has 146 valence electrons. The average Bonchev–Trinajstić information content (AvgIpc) is 2.65. The number of rotatable bonds is 3. The fourth-order valence-electron chi connectivity index (χ4n) is 2.27. The van der Waals surface area contributed by atoms with E-state index < -0.39 is 16.7 Å².